The predicted octanol–water partition coefficient (Wildman–Crippen LogP) is 0.0735. The van der Waals surface area contributed by atoms with Crippen molar-refractivity contribution in [3.8, 4) is 0 Å². The van der Waals surface area contributed by atoms with Crippen LogP contribution in [0, 0.1) is 5.92 Å². The lowest BCUT2D eigenvalue weighted by molar-refractivity contribution is -0.132. The summed E-state index contributed by atoms with van der Waals surface area (Å²) in [6, 6.07) is 0. The molecule has 0 bridgehead atoms. The lowest BCUT2D eigenvalue weighted by Crippen LogP contribution is -2.20. The summed E-state index contributed by atoms with van der Waals surface area (Å²) in [6.45, 7) is 0.753. The van der Waals surface area contributed by atoms with Gasteiger partial charge in [-0.2, -0.15) is 0 Å². The van der Waals surface area contributed by atoms with Gasteiger partial charge in [-0.1, -0.05) is 0 Å². The van der Waals surface area contributed by atoms with Crippen LogP contribution in [-0.4, -0.2) is 23.4 Å². The highest BCUT2D eigenvalue weighted by Crippen LogP contribution is 2.26. The van der Waals surface area contributed by atoms with Gasteiger partial charge < -0.3 is 10.4 Å². The van der Waals surface area contributed by atoms with Crippen LogP contribution in [0.15, 0.2) is 23.4 Å². The number of carbonyl (C=O) groups is 2. The van der Waals surface area contributed by atoms with Crippen molar-refractivity contribution in [3.63, 3.8) is 0 Å². The van der Waals surface area contributed by atoms with Crippen LogP contribution in [0.25, 0.3) is 0 Å². The zero-order chi connectivity index (χ0) is 9.42. The van der Waals surface area contributed by atoms with Crippen LogP contribution in [0.3, 0.4) is 0 Å². The number of carboxylic acids is 1. The van der Waals surface area contributed by atoms with E-state index in [2.05, 4.69) is 5.32 Å². The van der Waals surface area contributed by atoms with Gasteiger partial charge in [0.05, 0.1) is 11.5 Å². The van der Waals surface area contributed by atoms with E-state index in [4.69, 9.17) is 5.11 Å². The molecule has 0 saturated carbocycles. The van der Waals surface area contributed by atoms with E-state index in [1.165, 1.54) is 6.08 Å². The number of rotatable bonds is 1. The van der Waals surface area contributed by atoms with Crippen molar-refractivity contribution >= 4 is 11.8 Å². The van der Waals surface area contributed by atoms with E-state index in [9.17, 15) is 9.59 Å². The van der Waals surface area contributed by atoms with E-state index in [1.54, 1.807) is 6.08 Å². The van der Waals surface area contributed by atoms with Crippen LogP contribution < -0.4 is 5.32 Å². The van der Waals surface area contributed by atoms with Gasteiger partial charge in [0.15, 0.2) is 5.78 Å². The molecule has 2 rings (SSSR count). The topological polar surface area (TPSA) is 66.4 Å². The highest BCUT2D eigenvalue weighted by atomic mass is 16.4. The number of hydrogen-bond acceptors (Lipinski definition) is 3. The molecule has 1 saturated heterocycles. The van der Waals surface area contributed by atoms with Crippen LogP contribution in [-0.2, 0) is 9.59 Å². The summed E-state index contributed by atoms with van der Waals surface area (Å²) in [5.41, 5.74) is 0.829. The summed E-state index contributed by atoms with van der Waals surface area (Å²) in [5.74, 6) is -1.27. The molecule has 4 heteroatoms. The first-order valence-electron chi connectivity index (χ1n) is 4.13. The molecule has 1 atom stereocenters. The highest BCUT2D eigenvalue weighted by Gasteiger charge is 2.30. The van der Waals surface area contributed by atoms with Crippen LogP contribution in [0.1, 0.15) is 6.42 Å². The fourth-order valence-corrected chi connectivity index (χ4v) is 1.67. The minimum Gasteiger partial charge on any atom is -0.478 e. The van der Waals surface area contributed by atoms with Crippen molar-refractivity contribution in [1.82, 2.24) is 5.32 Å². The number of hydrogen-bond donors (Lipinski definition) is 2. The zero-order valence-electron chi connectivity index (χ0n) is 6.91. The smallest absolute Gasteiger partial charge is 0.335 e. The molecule has 1 aliphatic heterocycles. The van der Waals surface area contributed by atoms with Crippen LogP contribution >= 0.6 is 0 Å². The maximum atomic E-state index is 11.4. The van der Waals surface area contributed by atoms with Crippen molar-refractivity contribution in [2.45, 2.75) is 6.42 Å². The monoisotopic (exact) mass is 179 g/mol. The molecule has 68 valence electrons. The Balaban J connectivity index is 2.36. The Morgan fingerprint density at radius 1 is 1.54 bits per heavy atom. The minimum atomic E-state index is -1.05. The van der Waals surface area contributed by atoms with Gasteiger partial charge in [0.1, 0.15) is 0 Å². The van der Waals surface area contributed by atoms with E-state index in [1.807, 2.05) is 0 Å². The Labute approximate surface area is 74.9 Å². The van der Waals surface area contributed by atoms with Gasteiger partial charge in [-0.05, 0) is 18.6 Å². The predicted molar refractivity (Wildman–Crippen MR) is 44.9 cm³/mol. The number of aliphatic carboxylic acids is 1. The molecule has 0 aromatic rings. The highest BCUT2D eigenvalue weighted by molar-refractivity contribution is 6.04. The van der Waals surface area contributed by atoms with Crippen molar-refractivity contribution in [1.29, 1.82) is 0 Å². The normalized spacial score (nSPS) is 25.8. The number of carbonyl (C=O) groups excluding carboxylic acids is 1. The first kappa shape index (κ1) is 8.04. The number of ketones is 1. The van der Waals surface area contributed by atoms with Crippen LogP contribution in [0.4, 0.5) is 0 Å². The van der Waals surface area contributed by atoms with E-state index >= 15 is 0 Å². The summed E-state index contributed by atoms with van der Waals surface area (Å²) < 4.78 is 0. The molecule has 2 N–H and O–H groups in total. The van der Waals surface area contributed by atoms with Crippen LogP contribution in [0.2, 0.25) is 0 Å². The second-order valence-electron chi connectivity index (χ2n) is 3.17. The largest absolute Gasteiger partial charge is 0.478 e. The van der Waals surface area contributed by atoms with Gasteiger partial charge in [0, 0.05) is 12.2 Å². The summed E-state index contributed by atoms with van der Waals surface area (Å²) >= 11 is 0. The van der Waals surface area contributed by atoms with E-state index in [0.29, 0.717) is 0 Å². The molecule has 0 aromatic carbocycles. The Morgan fingerprint density at radius 2 is 2.31 bits per heavy atom. The average Bonchev–Trinajstić information content (AvgIpc) is 2.51. The standard InChI is InChI=1S/C9H9NO3/c11-8-4-5(9(12)13)3-7-6(8)1-2-10-7/h3-4,6,10H,1-2H2,(H,12,13). The Kier molecular flexibility index (Phi) is 1.69. The Hall–Kier alpha value is -1.58. The van der Waals surface area contributed by atoms with E-state index in [0.717, 1.165) is 18.7 Å². The van der Waals surface area contributed by atoms with Gasteiger partial charge in [-0.25, -0.2) is 4.79 Å². The van der Waals surface area contributed by atoms with Gasteiger partial charge >= 0.3 is 5.97 Å². The molecular weight excluding hydrogens is 170 g/mol. The third kappa shape index (κ3) is 1.24. The lowest BCUT2D eigenvalue weighted by atomic mass is 9.92. The molecule has 0 aromatic heterocycles. The maximum absolute atomic E-state index is 11.4. The number of carboxylic acid groups (broad SMARTS) is 1. The van der Waals surface area contributed by atoms with E-state index < -0.39 is 5.97 Å². The van der Waals surface area contributed by atoms with Gasteiger partial charge in [0.2, 0.25) is 0 Å². The Bertz CT molecular complexity index is 341. The minimum absolute atomic E-state index is 0.0747. The molecule has 2 aliphatic rings. The molecular formula is C9H9NO3. The third-order valence-electron chi connectivity index (χ3n) is 2.34. The molecule has 0 radical (unpaired) electrons. The van der Waals surface area contributed by atoms with Crippen molar-refractivity contribution in [3.05, 3.63) is 23.4 Å². The molecule has 1 unspecified atom stereocenters. The van der Waals surface area contributed by atoms with Crippen LogP contribution in [0.5, 0.6) is 0 Å². The van der Waals surface area contributed by atoms with Gasteiger partial charge in [-0.3, -0.25) is 4.79 Å². The molecule has 1 heterocycles. The summed E-state index contributed by atoms with van der Waals surface area (Å²) in [4.78, 5) is 22.0. The summed E-state index contributed by atoms with van der Waals surface area (Å²) in [6.07, 6.45) is 3.53. The van der Waals surface area contributed by atoms with E-state index in [-0.39, 0.29) is 17.3 Å². The fourth-order valence-electron chi connectivity index (χ4n) is 1.67. The lowest BCUT2D eigenvalue weighted by Gasteiger charge is -2.12. The molecule has 0 spiro atoms. The van der Waals surface area contributed by atoms with Crippen molar-refractivity contribution < 1.29 is 14.7 Å². The first-order valence-corrected chi connectivity index (χ1v) is 4.13. The summed E-state index contributed by atoms with van der Waals surface area (Å²) in [7, 11) is 0. The number of nitrogens with one attached hydrogen (secondary N) is 1. The second kappa shape index (κ2) is 2.73. The molecule has 4 nitrogen and oxygen atoms in total. The van der Waals surface area contributed by atoms with Crippen molar-refractivity contribution in [2.24, 2.45) is 5.92 Å². The third-order valence-corrected chi connectivity index (χ3v) is 2.34. The Morgan fingerprint density at radius 3 is 3.00 bits per heavy atom. The van der Waals surface area contributed by atoms with Crippen molar-refractivity contribution in [2.75, 3.05) is 6.54 Å². The SMILES string of the molecule is O=C(O)C1=CC(=O)C2CCNC2=C1. The average molecular weight is 179 g/mol. The number of fused-ring (bicyclic) bond motifs is 1. The molecule has 13 heavy (non-hydrogen) atoms. The quantitative estimate of drug-likeness (QED) is 0.598. The zero-order valence-corrected chi connectivity index (χ0v) is 6.91. The maximum Gasteiger partial charge on any atom is 0.335 e. The number of allylic oxidation sites excluding steroid dienone is 2. The van der Waals surface area contributed by atoms with Gasteiger partial charge in [-0.15, -0.1) is 0 Å². The second-order valence-corrected chi connectivity index (χ2v) is 3.17. The summed E-state index contributed by atoms with van der Waals surface area (Å²) in [5, 5.41) is 11.7. The molecule has 1 aliphatic carbocycles. The fraction of sp³-hybridized carbons (Fsp3) is 0.333. The molecule has 1 fully saturated rings. The van der Waals surface area contributed by atoms with Gasteiger partial charge in [0.25, 0.3) is 0 Å². The first-order chi connectivity index (χ1) is 6.18. The molecule has 0 amide bonds.